The van der Waals surface area contributed by atoms with Gasteiger partial charge in [-0.1, -0.05) is 50.1 Å². The number of nitrogens with zero attached hydrogens (tertiary/aromatic N) is 3. The van der Waals surface area contributed by atoms with Crippen LogP contribution in [0.1, 0.15) is 94.2 Å². The van der Waals surface area contributed by atoms with Crippen molar-refractivity contribution in [1.82, 2.24) is 9.88 Å². The molecule has 246 valence electrons. The lowest BCUT2D eigenvalue weighted by Crippen LogP contribution is -2.37. The summed E-state index contributed by atoms with van der Waals surface area (Å²) < 4.78 is 17.5. The van der Waals surface area contributed by atoms with E-state index in [9.17, 15) is 9.59 Å². The van der Waals surface area contributed by atoms with Gasteiger partial charge < -0.3 is 24.4 Å². The minimum Gasteiger partial charge on any atom is -0.487 e. The van der Waals surface area contributed by atoms with E-state index in [4.69, 9.17) is 19.5 Å². The quantitative estimate of drug-likeness (QED) is 0.118. The Hall–Kier alpha value is -4.58. The van der Waals surface area contributed by atoms with E-state index in [2.05, 4.69) is 23.3 Å². The van der Waals surface area contributed by atoms with E-state index in [-0.39, 0.29) is 12.5 Å². The monoisotopic (exact) mass is 628 g/mol. The lowest BCUT2D eigenvalue weighted by atomic mass is 10.1. The van der Waals surface area contributed by atoms with E-state index >= 15 is 0 Å². The second kappa shape index (κ2) is 18.4. The highest BCUT2D eigenvalue weighted by atomic mass is 16.6. The molecule has 0 atom stereocenters. The van der Waals surface area contributed by atoms with Gasteiger partial charge in [0.05, 0.1) is 30.5 Å². The third kappa shape index (κ3) is 12.4. The Morgan fingerprint density at radius 2 is 1.74 bits per heavy atom. The van der Waals surface area contributed by atoms with Crippen molar-refractivity contribution in [3.05, 3.63) is 88.7 Å². The van der Waals surface area contributed by atoms with Crippen molar-refractivity contribution in [2.24, 2.45) is 0 Å². The molecule has 0 saturated carbocycles. The molecule has 0 aliphatic rings. The zero-order chi connectivity index (χ0) is 33.4. The number of unbranched alkanes of at least 4 members (excludes halogenated alkanes) is 3. The Bertz CT molecular complexity index is 1430. The molecule has 1 aromatic heterocycles. The number of nitrogens with one attached hydrogen (secondary N) is 1. The molecule has 1 heterocycles. The lowest BCUT2D eigenvalue weighted by molar-refractivity contribution is -0.143. The normalized spacial score (nSPS) is 11.0. The van der Waals surface area contributed by atoms with E-state index in [1.54, 1.807) is 17.0 Å². The van der Waals surface area contributed by atoms with Crippen LogP contribution in [0.2, 0.25) is 0 Å². The molecule has 9 nitrogen and oxygen atoms in total. The summed E-state index contributed by atoms with van der Waals surface area (Å²) >= 11 is 0. The van der Waals surface area contributed by atoms with Crippen LogP contribution < -0.4 is 10.1 Å². The van der Waals surface area contributed by atoms with Gasteiger partial charge in [-0.3, -0.25) is 9.78 Å². The predicted molar refractivity (Wildman–Crippen MR) is 179 cm³/mol. The highest BCUT2D eigenvalue weighted by Gasteiger charge is 2.25. The van der Waals surface area contributed by atoms with Crippen LogP contribution in [-0.2, 0) is 34.0 Å². The number of ether oxygens (including phenoxy) is 3. The highest BCUT2D eigenvalue weighted by molar-refractivity contribution is 5.69. The van der Waals surface area contributed by atoms with Gasteiger partial charge in [0.1, 0.15) is 18.0 Å². The molecule has 0 aliphatic carbocycles. The van der Waals surface area contributed by atoms with Crippen molar-refractivity contribution < 1.29 is 23.8 Å². The first kappa shape index (κ1) is 35.9. The van der Waals surface area contributed by atoms with Gasteiger partial charge in [-0.25, -0.2) is 4.79 Å². The molecule has 9 heteroatoms. The Morgan fingerprint density at radius 3 is 2.41 bits per heavy atom. The Labute approximate surface area is 273 Å². The Morgan fingerprint density at radius 1 is 1.00 bits per heavy atom. The number of carbonyl (C=O) groups is 2. The maximum absolute atomic E-state index is 13.5. The summed E-state index contributed by atoms with van der Waals surface area (Å²) in [5, 5.41) is 12.6. The van der Waals surface area contributed by atoms with Gasteiger partial charge in [0.15, 0.2) is 0 Å². The number of aromatic nitrogens is 1. The fraction of sp³-hybridized carbons (Fsp3) is 0.459. The van der Waals surface area contributed by atoms with Gasteiger partial charge in [-0.2, -0.15) is 5.26 Å². The van der Waals surface area contributed by atoms with Gasteiger partial charge >= 0.3 is 12.1 Å². The fourth-order valence-electron chi connectivity index (χ4n) is 4.69. The zero-order valence-electron chi connectivity index (χ0n) is 27.9. The molecule has 1 N–H and O–H groups in total. The average molecular weight is 629 g/mol. The third-order valence-corrected chi connectivity index (χ3v) is 7.20. The van der Waals surface area contributed by atoms with Gasteiger partial charge in [-0.05, 0) is 82.3 Å². The van der Waals surface area contributed by atoms with E-state index in [1.807, 2.05) is 76.4 Å². The Kier molecular flexibility index (Phi) is 14.4. The first-order chi connectivity index (χ1) is 22.1. The number of anilines is 1. The van der Waals surface area contributed by atoms with Crippen LogP contribution in [-0.4, -0.2) is 40.7 Å². The summed E-state index contributed by atoms with van der Waals surface area (Å²) in [6.07, 6.45) is 5.76. The smallest absolute Gasteiger partial charge is 0.410 e. The van der Waals surface area contributed by atoms with Crippen LogP contribution >= 0.6 is 0 Å². The summed E-state index contributed by atoms with van der Waals surface area (Å²) in [4.78, 5) is 31.9. The number of rotatable bonds is 17. The number of nitriles is 1. The lowest BCUT2D eigenvalue weighted by Gasteiger charge is -2.29. The van der Waals surface area contributed by atoms with Crippen LogP contribution in [0.15, 0.2) is 60.8 Å². The van der Waals surface area contributed by atoms with Crippen LogP contribution in [0.4, 0.5) is 10.5 Å². The number of aryl methyl sites for hydroxylation is 1. The molecule has 0 spiro atoms. The molecule has 3 rings (SSSR count). The largest absolute Gasteiger partial charge is 0.487 e. The van der Waals surface area contributed by atoms with Crippen molar-refractivity contribution in [2.45, 2.75) is 98.4 Å². The van der Waals surface area contributed by atoms with E-state index < -0.39 is 11.7 Å². The number of esters is 1. The number of hydrogen-bond donors (Lipinski definition) is 1. The van der Waals surface area contributed by atoms with Crippen molar-refractivity contribution in [2.75, 3.05) is 18.5 Å². The number of pyridine rings is 1. The maximum atomic E-state index is 13.5. The average Bonchev–Trinajstić information content (AvgIpc) is 3.03. The van der Waals surface area contributed by atoms with Gasteiger partial charge in [0.25, 0.3) is 0 Å². The summed E-state index contributed by atoms with van der Waals surface area (Å²) in [5.41, 5.74) is 4.23. The molecule has 0 fully saturated rings. The van der Waals surface area contributed by atoms with Gasteiger partial charge in [-0.15, -0.1) is 0 Å². The predicted octanol–water partition coefficient (Wildman–Crippen LogP) is 8.09. The molecule has 0 aliphatic heterocycles. The highest BCUT2D eigenvalue weighted by Crippen LogP contribution is 2.29. The van der Waals surface area contributed by atoms with E-state index in [1.165, 1.54) is 0 Å². The third-order valence-electron chi connectivity index (χ3n) is 7.20. The van der Waals surface area contributed by atoms with Crippen molar-refractivity contribution in [1.29, 1.82) is 5.26 Å². The topological polar surface area (TPSA) is 114 Å². The molecule has 0 bridgehead atoms. The first-order valence-electron chi connectivity index (χ1n) is 16.1. The van der Waals surface area contributed by atoms with Crippen LogP contribution in [0.25, 0.3) is 0 Å². The molecule has 0 radical (unpaired) electrons. The van der Waals surface area contributed by atoms with Crippen molar-refractivity contribution >= 4 is 17.7 Å². The summed E-state index contributed by atoms with van der Waals surface area (Å²) in [7, 11) is 0. The molecule has 2 aromatic carbocycles. The van der Waals surface area contributed by atoms with Crippen molar-refractivity contribution in [3.8, 4) is 11.8 Å². The molecule has 46 heavy (non-hydrogen) atoms. The second-order valence-electron chi connectivity index (χ2n) is 12.3. The van der Waals surface area contributed by atoms with Crippen molar-refractivity contribution in [3.63, 3.8) is 0 Å². The van der Waals surface area contributed by atoms with E-state index in [0.717, 1.165) is 47.3 Å². The number of amides is 1. The van der Waals surface area contributed by atoms with Crippen LogP contribution in [0, 0.1) is 18.3 Å². The number of benzene rings is 2. The molecule has 1 amide bonds. The van der Waals surface area contributed by atoms with Crippen LogP contribution in [0.5, 0.6) is 5.75 Å². The second-order valence-corrected chi connectivity index (χ2v) is 12.3. The molecular weight excluding hydrogens is 580 g/mol. The summed E-state index contributed by atoms with van der Waals surface area (Å²) in [5.74, 6) is 0.454. The maximum Gasteiger partial charge on any atom is 0.410 e. The minimum absolute atomic E-state index is 0.177. The summed E-state index contributed by atoms with van der Waals surface area (Å²) in [6.45, 7) is 11.5. The first-order valence-corrected chi connectivity index (χ1v) is 16.1. The van der Waals surface area contributed by atoms with Gasteiger partial charge in [0, 0.05) is 37.0 Å². The number of carbonyl (C=O) groups excluding carboxylic acids is 2. The SMILES string of the molecule is CCCCOC(=O)CCCCCN(Cc1c(CNc2ccc(C#N)cc2)cnc(C)c1OCc1ccccc1)C(=O)OC(C)(C)C. The summed E-state index contributed by atoms with van der Waals surface area (Å²) in [6, 6.07) is 19.3. The standard InChI is InChI=1S/C37H48N4O5/c1-6-7-22-44-34(42)16-12-9-13-21-41(36(43)46-37(3,4)5)26-33-31(25-40-32-19-17-29(23-38)18-20-32)24-39-28(2)35(33)45-27-30-14-10-8-11-15-30/h8,10-11,14-15,17-20,24,40H,6-7,9,12-13,16,21-22,25-27H2,1-5H3. The molecule has 0 unspecified atom stereocenters. The molecule has 3 aromatic rings. The van der Waals surface area contributed by atoms with E-state index in [0.29, 0.717) is 56.9 Å². The van der Waals surface area contributed by atoms with Crippen LogP contribution in [0.3, 0.4) is 0 Å². The minimum atomic E-state index is -0.668. The zero-order valence-corrected chi connectivity index (χ0v) is 27.9. The van der Waals surface area contributed by atoms with Gasteiger partial charge in [0.2, 0.25) is 0 Å². The number of hydrogen-bond acceptors (Lipinski definition) is 8. The molecular formula is C37H48N4O5. The Balaban J connectivity index is 1.83. The molecule has 0 saturated heterocycles. The fourth-order valence-corrected chi connectivity index (χ4v) is 4.69.